The Hall–Kier alpha value is -2.91. The largest absolute Gasteiger partial charge is 0.488 e. The molecule has 2 heterocycles. The first kappa shape index (κ1) is 24.2. The molecule has 0 aromatic heterocycles. The van der Waals surface area contributed by atoms with Gasteiger partial charge in [0.25, 0.3) is 5.91 Å². The van der Waals surface area contributed by atoms with Crippen LogP contribution >= 0.6 is 0 Å². The molecule has 1 unspecified atom stereocenters. The van der Waals surface area contributed by atoms with Gasteiger partial charge in [0, 0.05) is 36.3 Å². The zero-order valence-corrected chi connectivity index (χ0v) is 19.4. The van der Waals surface area contributed by atoms with Crippen LogP contribution in [0.1, 0.15) is 46.8 Å². The molecule has 9 heteroatoms. The number of morpholine rings is 1. The van der Waals surface area contributed by atoms with Gasteiger partial charge >= 0.3 is 0 Å². The summed E-state index contributed by atoms with van der Waals surface area (Å²) < 4.78 is 25.9. The molecular formula is C25H29BFN3O4. The molecule has 2 aromatic rings. The molecular weight excluding hydrogens is 436 g/mol. The van der Waals surface area contributed by atoms with E-state index in [2.05, 4.69) is 4.90 Å². The maximum atomic E-state index is 14.5. The van der Waals surface area contributed by atoms with Gasteiger partial charge in [-0.25, -0.2) is 4.39 Å². The Morgan fingerprint density at radius 2 is 2.03 bits per heavy atom. The zero-order valence-electron chi connectivity index (χ0n) is 19.4. The quantitative estimate of drug-likeness (QED) is 0.575. The molecule has 1 saturated heterocycles. The normalized spacial score (nSPS) is 17.9. The number of primary amides is 1. The van der Waals surface area contributed by atoms with E-state index >= 15 is 0 Å². The highest BCUT2D eigenvalue weighted by molar-refractivity contribution is 6.30. The minimum Gasteiger partial charge on any atom is -0.488 e. The van der Waals surface area contributed by atoms with Crippen molar-refractivity contribution >= 4 is 19.7 Å². The van der Waals surface area contributed by atoms with Gasteiger partial charge in [0.1, 0.15) is 26.0 Å². The van der Waals surface area contributed by atoms with Crippen molar-refractivity contribution in [2.24, 2.45) is 5.73 Å². The van der Waals surface area contributed by atoms with E-state index in [-0.39, 0.29) is 31.3 Å². The first-order chi connectivity index (χ1) is 16.3. The van der Waals surface area contributed by atoms with Crippen LogP contribution in [0.2, 0.25) is 0 Å². The highest BCUT2D eigenvalue weighted by atomic mass is 19.1. The maximum Gasteiger partial charge on any atom is 0.254 e. The number of nitrogens with zero attached hydrogens (tertiary/aromatic N) is 2. The number of carbonyl (C=O) groups excluding carboxylic acids is 2. The highest BCUT2D eigenvalue weighted by Gasteiger charge is 2.44. The average Bonchev–Trinajstić information content (AvgIpc) is 3.18. The van der Waals surface area contributed by atoms with Crippen molar-refractivity contribution < 1.29 is 23.5 Å². The Bertz CT molecular complexity index is 1080. The number of amides is 2. The van der Waals surface area contributed by atoms with Crippen LogP contribution in [0.15, 0.2) is 36.4 Å². The first-order valence-electron chi connectivity index (χ1n) is 11.6. The van der Waals surface area contributed by atoms with Crippen LogP contribution in [0, 0.1) is 5.82 Å². The number of hydrogen-bond donors (Lipinski definition) is 1. The predicted octanol–water partition coefficient (Wildman–Crippen LogP) is 2.34. The maximum absolute atomic E-state index is 14.5. The van der Waals surface area contributed by atoms with Crippen LogP contribution in [0.5, 0.6) is 5.75 Å². The number of hydrogen-bond acceptors (Lipinski definition) is 5. The summed E-state index contributed by atoms with van der Waals surface area (Å²) in [6.07, 6.45) is 0.836. The minimum atomic E-state index is -1.58. The third kappa shape index (κ3) is 4.81. The van der Waals surface area contributed by atoms with Crippen molar-refractivity contribution in [3.63, 3.8) is 0 Å². The second-order valence-corrected chi connectivity index (χ2v) is 8.82. The Labute approximate surface area is 200 Å². The summed E-state index contributed by atoms with van der Waals surface area (Å²) in [5.74, 6) is -1.02. The summed E-state index contributed by atoms with van der Waals surface area (Å²) in [5, 5.41) is 0. The predicted molar refractivity (Wildman–Crippen MR) is 126 cm³/mol. The smallest absolute Gasteiger partial charge is 0.254 e. The van der Waals surface area contributed by atoms with Crippen molar-refractivity contribution in [1.82, 2.24) is 9.80 Å². The Morgan fingerprint density at radius 3 is 2.74 bits per heavy atom. The minimum absolute atomic E-state index is 0.00593. The number of ether oxygens (including phenoxy) is 2. The molecule has 1 atom stereocenters. The van der Waals surface area contributed by atoms with E-state index in [1.54, 1.807) is 24.3 Å². The number of fused-ring (bicyclic) bond motifs is 1. The molecule has 7 nitrogen and oxygen atoms in total. The molecule has 0 aliphatic carbocycles. The molecule has 2 amide bonds. The van der Waals surface area contributed by atoms with Gasteiger partial charge in [0.15, 0.2) is 0 Å². The van der Waals surface area contributed by atoms with E-state index in [9.17, 15) is 14.0 Å². The van der Waals surface area contributed by atoms with Crippen LogP contribution in [0.4, 0.5) is 4.39 Å². The third-order valence-electron chi connectivity index (χ3n) is 6.47. The second kappa shape index (κ2) is 10.2. The fourth-order valence-corrected chi connectivity index (χ4v) is 4.54. The zero-order chi connectivity index (χ0) is 24.3. The van der Waals surface area contributed by atoms with E-state index in [4.69, 9.17) is 23.1 Å². The lowest BCUT2D eigenvalue weighted by molar-refractivity contribution is -0.124. The Morgan fingerprint density at radius 1 is 1.26 bits per heavy atom. The molecule has 0 saturated carbocycles. The van der Waals surface area contributed by atoms with E-state index in [1.165, 1.54) is 11.0 Å². The first-order valence-corrected chi connectivity index (χ1v) is 11.6. The monoisotopic (exact) mass is 465 g/mol. The molecule has 34 heavy (non-hydrogen) atoms. The number of rotatable bonds is 9. The number of nitrogens with two attached hydrogens (primary N) is 1. The summed E-state index contributed by atoms with van der Waals surface area (Å²) in [4.78, 5) is 28.7. The molecule has 1 fully saturated rings. The van der Waals surface area contributed by atoms with Gasteiger partial charge in [0.05, 0.1) is 25.2 Å². The number of halogens is 1. The van der Waals surface area contributed by atoms with Gasteiger partial charge in [-0.1, -0.05) is 25.5 Å². The SMILES string of the molecule is [B]C(CCC)(C(N)=O)N1Cc2c(OCc3cc(CN4CCOCC4)ccc3F)cccc2C1=O. The van der Waals surface area contributed by atoms with Crippen molar-refractivity contribution in [2.75, 3.05) is 26.3 Å². The van der Waals surface area contributed by atoms with Crippen molar-refractivity contribution in [3.05, 3.63) is 64.5 Å². The molecule has 2 aliphatic heterocycles. The van der Waals surface area contributed by atoms with Gasteiger partial charge in [-0.3, -0.25) is 14.5 Å². The van der Waals surface area contributed by atoms with E-state index < -0.39 is 11.3 Å². The summed E-state index contributed by atoms with van der Waals surface area (Å²) >= 11 is 0. The van der Waals surface area contributed by atoms with E-state index in [0.29, 0.717) is 48.6 Å². The average molecular weight is 465 g/mol. The highest BCUT2D eigenvalue weighted by Crippen LogP contribution is 2.36. The molecule has 2 aromatic carbocycles. The van der Waals surface area contributed by atoms with Gasteiger partial charge < -0.3 is 20.1 Å². The van der Waals surface area contributed by atoms with Crippen LogP contribution in [-0.2, 0) is 29.2 Å². The summed E-state index contributed by atoms with van der Waals surface area (Å²) in [5.41, 5.74) is 6.43. The Kier molecular flexibility index (Phi) is 7.23. The lowest BCUT2D eigenvalue weighted by Gasteiger charge is -2.36. The van der Waals surface area contributed by atoms with Gasteiger partial charge in [-0.2, -0.15) is 0 Å². The van der Waals surface area contributed by atoms with Gasteiger partial charge in [-0.15, -0.1) is 0 Å². The van der Waals surface area contributed by atoms with Crippen molar-refractivity contribution in [2.45, 2.75) is 44.9 Å². The Balaban J connectivity index is 1.51. The lowest BCUT2D eigenvalue weighted by atomic mass is 9.72. The number of carbonyl (C=O) groups is 2. The fraction of sp³-hybridized carbons (Fsp3) is 0.440. The third-order valence-corrected chi connectivity index (χ3v) is 6.47. The van der Waals surface area contributed by atoms with Gasteiger partial charge in [-0.05, 0) is 36.2 Å². The van der Waals surface area contributed by atoms with Crippen molar-refractivity contribution in [3.8, 4) is 5.75 Å². The summed E-state index contributed by atoms with van der Waals surface area (Å²) in [6, 6.07) is 10.1. The fourth-order valence-electron chi connectivity index (χ4n) is 4.54. The second-order valence-electron chi connectivity index (χ2n) is 8.82. The standard InChI is InChI=1S/C25H29BFN3O4/c1-2-8-25(26,24(28)32)30-15-20-19(23(30)31)4-3-5-22(20)34-16-18-13-17(6-7-21(18)27)14-29-9-11-33-12-10-29/h3-7,13H,2,8-12,14-16H2,1H3,(H2,28,32). The lowest BCUT2D eigenvalue weighted by Crippen LogP contribution is -2.58. The summed E-state index contributed by atoms with van der Waals surface area (Å²) in [6.45, 7) is 5.77. The van der Waals surface area contributed by atoms with Crippen LogP contribution < -0.4 is 10.5 Å². The molecule has 178 valence electrons. The molecule has 2 aliphatic rings. The molecule has 4 rings (SSSR count). The van der Waals surface area contributed by atoms with Crippen LogP contribution in [0.3, 0.4) is 0 Å². The number of benzene rings is 2. The van der Waals surface area contributed by atoms with Crippen LogP contribution in [-0.4, -0.2) is 61.2 Å². The molecule has 2 N–H and O–H groups in total. The topological polar surface area (TPSA) is 85.1 Å². The van der Waals surface area contributed by atoms with Crippen LogP contribution in [0.25, 0.3) is 0 Å². The van der Waals surface area contributed by atoms with E-state index in [0.717, 1.165) is 18.7 Å². The molecule has 0 spiro atoms. The van der Waals surface area contributed by atoms with Gasteiger partial charge in [0.2, 0.25) is 5.91 Å². The van der Waals surface area contributed by atoms with Crippen molar-refractivity contribution in [1.29, 1.82) is 0 Å². The van der Waals surface area contributed by atoms with E-state index in [1.807, 2.05) is 13.0 Å². The molecule has 2 radical (unpaired) electrons. The molecule has 0 bridgehead atoms. The summed E-state index contributed by atoms with van der Waals surface area (Å²) in [7, 11) is 6.28.